The van der Waals surface area contributed by atoms with E-state index in [4.69, 9.17) is 11.6 Å². The Hall–Kier alpha value is -7.06. The first kappa shape index (κ1) is 77.0. The summed E-state index contributed by atoms with van der Waals surface area (Å²) >= 11 is 6.13. The van der Waals surface area contributed by atoms with Crippen LogP contribution in [0, 0.1) is 17.8 Å². The predicted octanol–water partition coefficient (Wildman–Crippen LogP) is 4.47. The maximum atomic E-state index is 15.3. The Labute approximate surface area is 562 Å². The molecule has 2 saturated carbocycles. The number of rotatable bonds is 9. The van der Waals surface area contributed by atoms with E-state index in [2.05, 4.69) is 16.0 Å². The van der Waals surface area contributed by atoms with Crippen LogP contribution in [0.1, 0.15) is 161 Å². The second-order valence-corrected chi connectivity index (χ2v) is 28.0. The molecule has 6 rings (SSSR count). The summed E-state index contributed by atoms with van der Waals surface area (Å²) in [5.41, 5.74) is -2.36. The number of fused-ring (bicyclic) bond motifs is 1. The van der Waals surface area contributed by atoms with Crippen LogP contribution in [-0.2, 0) is 70.1 Å². The van der Waals surface area contributed by atoms with Gasteiger partial charge in [-0.1, -0.05) is 96.7 Å². The Morgan fingerprint density at radius 3 is 1.86 bits per heavy atom. The number of hydrogen-bond acceptors (Lipinski definition) is 12. The molecule has 24 nitrogen and oxygen atoms in total. The van der Waals surface area contributed by atoms with Crippen LogP contribution in [0.4, 0.5) is 13.2 Å². The number of likely N-dealkylation sites (N-methyl/N-ethyl adjacent to an activating group) is 7. The van der Waals surface area contributed by atoms with Crippen LogP contribution in [0.3, 0.4) is 0 Å². The topological polar surface area (TPSA) is 270 Å². The van der Waals surface area contributed by atoms with E-state index in [1.54, 1.807) is 25.7 Å². The fourth-order valence-electron chi connectivity index (χ4n) is 14.0. The standard InChI is InChI=1S/C67H102ClF3N12O12/c1-13-42(4)56-63(93)77(8)39-54(86)75(6)40-55(87)79(10)50(36-44-23-16-14-17-24-44)61(91)76(7)38-52(84)72-48(29-27-45-26-28-46(47(68)35-45)67(69,70)71)60(90)83-34-22-25-49(83)59(89)74-66(30-18-19-31-66)65(95)81(12)57(41(2)3)64(94)80(11)51(62(92)82-32-20-15-21-33-82)37-53(85)78(9)43(5)58(88)73-56/h26,28,35,41-44,48-51,56-57H,13-25,27,29-34,36-40H2,1-12H3,(H,72,84)(H,73,88)(H,74,89)/t42-,43-,48-,49?,50-,51-,56-,57-/m0/s1. The number of halogens is 4. The third kappa shape index (κ3) is 19.2. The highest BCUT2D eigenvalue weighted by Gasteiger charge is 2.51. The van der Waals surface area contributed by atoms with Gasteiger partial charge in [-0.3, -0.25) is 57.5 Å². The van der Waals surface area contributed by atoms with E-state index in [0.717, 1.165) is 70.3 Å². The summed E-state index contributed by atoms with van der Waals surface area (Å²) in [6.07, 6.45) is 3.35. The highest BCUT2D eigenvalue weighted by molar-refractivity contribution is 6.31. The Morgan fingerprint density at radius 1 is 0.653 bits per heavy atom. The number of piperidine rings is 1. The van der Waals surface area contributed by atoms with Crippen LogP contribution in [0.5, 0.6) is 0 Å². The van der Waals surface area contributed by atoms with E-state index in [1.165, 1.54) is 81.9 Å². The van der Waals surface area contributed by atoms with E-state index in [1.807, 2.05) is 6.92 Å². The predicted molar refractivity (Wildman–Crippen MR) is 348 cm³/mol. The zero-order valence-corrected chi connectivity index (χ0v) is 58.4. The van der Waals surface area contributed by atoms with Gasteiger partial charge >= 0.3 is 6.18 Å². The Bertz CT molecular complexity index is 2970. The van der Waals surface area contributed by atoms with Crippen LogP contribution in [0.2, 0.25) is 5.02 Å². The molecule has 12 amide bonds. The quantitative estimate of drug-likeness (QED) is 0.309. The number of hydrogen-bond donors (Lipinski definition) is 3. The van der Waals surface area contributed by atoms with Crippen molar-refractivity contribution in [3.63, 3.8) is 0 Å². The lowest BCUT2D eigenvalue weighted by molar-refractivity contribution is -0.156. The average Bonchev–Trinajstić information content (AvgIpc) is 1.72. The fraction of sp³-hybridized carbons (Fsp3) is 0.731. The summed E-state index contributed by atoms with van der Waals surface area (Å²) in [7, 11) is 9.73. The van der Waals surface area contributed by atoms with Crippen molar-refractivity contribution < 1.29 is 70.7 Å². The summed E-state index contributed by atoms with van der Waals surface area (Å²) in [5, 5.41) is 7.96. The molecule has 1 aromatic carbocycles. The molecule has 3 saturated heterocycles. The molecule has 8 atom stereocenters. The average molecular weight is 1360 g/mol. The van der Waals surface area contributed by atoms with E-state index in [9.17, 15) is 56.3 Å². The molecule has 95 heavy (non-hydrogen) atoms. The van der Waals surface area contributed by atoms with Crippen molar-refractivity contribution in [2.24, 2.45) is 17.8 Å². The van der Waals surface area contributed by atoms with E-state index >= 15 is 14.4 Å². The first-order valence-corrected chi connectivity index (χ1v) is 34.2. The third-order valence-electron chi connectivity index (χ3n) is 20.4. The molecule has 5 aliphatic rings. The van der Waals surface area contributed by atoms with Crippen molar-refractivity contribution in [1.29, 1.82) is 0 Å². The summed E-state index contributed by atoms with van der Waals surface area (Å²) in [5.74, 6) is -9.06. The molecule has 2 aliphatic carbocycles. The van der Waals surface area contributed by atoms with Crippen LogP contribution < -0.4 is 16.0 Å². The van der Waals surface area contributed by atoms with Crippen molar-refractivity contribution in [3.05, 3.63) is 34.3 Å². The number of alkyl halides is 3. The van der Waals surface area contributed by atoms with Crippen LogP contribution >= 0.6 is 11.6 Å². The number of amides is 12. The molecule has 3 aliphatic heterocycles. The Kier molecular flexibility index (Phi) is 27.3. The summed E-state index contributed by atoms with van der Waals surface area (Å²) in [6.45, 7) is 7.52. The number of benzene rings is 1. The van der Waals surface area contributed by atoms with Gasteiger partial charge in [-0.05, 0) is 107 Å². The smallest absolute Gasteiger partial charge is 0.343 e. The first-order valence-electron chi connectivity index (χ1n) is 33.8. The van der Waals surface area contributed by atoms with Crippen molar-refractivity contribution >= 4 is 82.5 Å². The molecular formula is C67H102ClF3N12O12. The molecule has 1 unspecified atom stereocenters. The van der Waals surface area contributed by atoms with Gasteiger partial charge in [0, 0.05) is 69.0 Å². The Morgan fingerprint density at radius 2 is 1.26 bits per heavy atom. The molecule has 0 bridgehead atoms. The van der Waals surface area contributed by atoms with Crippen molar-refractivity contribution in [3.8, 4) is 0 Å². The van der Waals surface area contributed by atoms with Crippen molar-refractivity contribution in [2.75, 3.05) is 88.6 Å². The van der Waals surface area contributed by atoms with Crippen LogP contribution in [0.25, 0.3) is 0 Å². The van der Waals surface area contributed by atoms with Gasteiger partial charge in [0.15, 0.2) is 0 Å². The molecule has 0 radical (unpaired) electrons. The molecule has 0 aromatic heterocycles. The zero-order valence-electron chi connectivity index (χ0n) is 57.6. The summed E-state index contributed by atoms with van der Waals surface area (Å²) < 4.78 is 41.4. The lowest BCUT2D eigenvalue weighted by Gasteiger charge is -2.41. The molecule has 28 heteroatoms. The van der Waals surface area contributed by atoms with Gasteiger partial charge < -0.3 is 60.0 Å². The number of likely N-dealkylation sites (tertiary alicyclic amines) is 1. The van der Waals surface area contributed by atoms with E-state index < -0.39 is 173 Å². The number of carbonyl (C=O) groups is 12. The Balaban J connectivity index is 1.39. The fourth-order valence-corrected chi connectivity index (χ4v) is 14.3. The number of carbonyl (C=O) groups excluding carboxylic acids is 12. The summed E-state index contributed by atoms with van der Waals surface area (Å²) in [4.78, 5) is 187. The minimum absolute atomic E-state index is 0.0206. The van der Waals surface area contributed by atoms with Gasteiger partial charge in [0.05, 0.1) is 36.6 Å². The molecular weight excluding hydrogens is 1260 g/mol. The minimum Gasteiger partial charge on any atom is -0.343 e. The van der Waals surface area contributed by atoms with E-state index in [0.29, 0.717) is 57.2 Å². The van der Waals surface area contributed by atoms with Crippen LogP contribution in [-0.4, -0.2) is 251 Å². The maximum absolute atomic E-state index is 15.3. The number of nitrogens with one attached hydrogen (secondary N) is 3. The normalized spacial score (nSPS) is 26.6. The minimum atomic E-state index is -4.76. The number of nitrogens with zero attached hydrogens (tertiary/aromatic N) is 9. The van der Waals surface area contributed by atoms with Gasteiger partial charge in [0.1, 0.15) is 47.8 Å². The molecule has 1 spiro atoms. The SMILES string of the molecule is CC[C@H](C)[C@@H]1NC(=O)[C@H](C)N(C)C(=O)C[C@@H](C(=O)N2CCCCC2)N(C)C(=O)[C@H](C(C)C)N(C)C(=O)C2(CCCC2)NC(=O)C2CCCN2C(=O)[C@H](CCc2ccc(C(F)(F)F)c(Cl)c2)NC(=O)CN(C)C(=O)[C@H](CC2CCCCC2)N(C)C(=O)CN(C)C(=O)CN(C)C1=O. The van der Waals surface area contributed by atoms with Gasteiger partial charge in [0.2, 0.25) is 70.9 Å². The van der Waals surface area contributed by atoms with Crippen LogP contribution in [0.15, 0.2) is 18.2 Å². The molecule has 5 fully saturated rings. The molecule has 3 N–H and O–H groups in total. The lowest BCUT2D eigenvalue weighted by Crippen LogP contribution is -2.65. The zero-order chi connectivity index (χ0) is 70.6. The number of aryl methyl sites for hydroxylation is 1. The van der Waals surface area contributed by atoms with Crippen molar-refractivity contribution in [2.45, 2.75) is 211 Å². The lowest BCUT2D eigenvalue weighted by atomic mass is 9.84. The highest BCUT2D eigenvalue weighted by Crippen LogP contribution is 2.37. The van der Waals surface area contributed by atoms with Gasteiger partial charge in [0.25, 0.3) is 0 Å². The van der Waals surface area contributed by atoms with Crippen molar-refractivity contribution in [1.82, 2.24) is 60.0 Å². The first-order chi connectivity index (χ1) is 44.6. The van der Waals surface area contributed by atoms with E-state index in [-0.39, 0.29) is 51.0 Å². The second-order valence-electron chi connectivity index (χ2n) is 27.5. The summed E-state index contributed by atoms with van der Waals surface area (Å²) in [6, 6.07) is -5.69. The van der Waals surface area contributed by atoms with Gasteiger partial charge in [-0.2, -0.15) is 13.2 Å². The van der Waals surface area contributed by atoms with Gasteiger partial charge in [-0.25, -0.2) is 0 Å². The molecule has 530 valence electrons. The highest BCUT2D eigenvalue weighted by atomic mass is 35.5. The third-order valence-corrected chi connectivity index (χ3v) is 20.7. The maximum Gasteiger partial charge on any atom is 0.417 e. The molecule has 3 heterocycles. The largest absolute Gasteiger partial charge is 0.417 e. The van der Waals surface area contributed by atoms with Gasteiger partial charge in [-0.15, -0.1) is 0 Å². The monoisotopic (exact) mass is 1360 g/mol. The second kappa shape index (κ2) is 33.7. The molecule has 1 aromatic rings.